The summed E-state index contributed by atoms with van der Waals surface area (Å²) >= 11 is 0. The number of carboxylic acid groups (broad SMARTS) is 1. The molecule has 0 spiro atoms. The second-order valence-corrected chi connectivity index (χ2v) is 8.70. The van der Waals surface area contributed by atoms with E-state index < -0.39 is 24.0 Å². The molecule has 35 heavy (non-hydrogen) atoms. The summed E-state index contributed by atoms with van der Waals surface area (Å²) in [5, 5.41) is 18.5. The fourth-order valence-electron chi connectivity index (χ4n) is 4.36. The quantitative estimate of drug-likeness (QED) is 0.426. The lowest BCUT2D eigenvalue weighted by Crippen LogP contribution is -2.44. The van der Waals surface area contributed by atoms with E-state index in [9.17, 15) is 14.4 Å². The summed E-state index contributed by atoms with van der Waals surface area (Å²) in [5.41, 5.74) is 4.36. The summed E-state index contributed by atoms with van der Waals surface area (Å²) in [5.74, 6) is -1.27. The Bertz CT molecular complexity index is 1190. The highest BCUT2D eigenvalue weighted by Gasteiger charge is 2.30. The molecule has 1 unspecified atom stereocenters. The molecule has 1 aliphatic rings. The van der Waals surface area contributed by atoms with Crippen LogP contribution in [0.4, 0.5) is 10.6 Å². The van der Waals surface area contributed by atoms with Crippen LogP contribution < -0.4 is 10.6 Å². The minimum absolute atomic E-state index is 0.00728. The summed E-state index contributed by atoms with van der Waals surface area (Å²) in [6.07, 6.45) is 0.405. The fourth-order valence-corrected chi connectivity index (χ4v) is 4.36. The highest BCUT2D eigenvalue weighted by molar-refractivity contribution is 5.96. The maximum absolute atomic E-state index is 12.9. The smallest absolute Gasteiger partial charge is 0.407 e. The van der Waals surface area contributed by atoms with Crippen molar-refractivity contribution in [3.8, 4) is 11.1 Å². The molecule has 1 heterocycles. The number of carbonyl (C=O) groups is 3. The molecule has 1 atom stereocenters. The van der Waals surface area contributed by atoms with Crippen LogP contribution in [0.2, 0.25) is 0 Å². The number of aromatic nitrogens is 2. The van der Waals surface area contributed by atoms with Crippen molar-refractivity contribution in [1.29, 1.82) is 0 Å². The fraction of sp³-hybridized carbons (Fsp3) is 0.308. The van der Waals surface area contributed by atoms with Crippen LogP contribution >= 0.6 is 0 Å². The standard InChI is InChI=1S/C26H28N4O5/c1-16(2)30-23(13-14-27-30)29-25(33)22(11-12-24(31)32)28-26(34)35-15-21-19-9-5-3-7-17(19)18-8-4-6-10-20(18)21/h3-10,13-14,16,21-22H,11-12,15H2,1-2H3,(H,28,34)(H,29,33)(H,31,32). The van der Waals surface area contributed by atoms with Crippen LogP contribution in [-0.2, 0) is 14.3 Å². The minimum Gasteiger partial charge on any atom is -0.481 e. The second kappa shape index (κ2) is 10.4. The number of hydrogen-bond donors (Lipinski definition) is 3. The Morgan fingerprint density at radius 1 is 1.03 bits per heavy atom. The maximum atomic E-state index is 12.9. The van der Waals surface area contributed by atoms with Crippen molar-refractivity contribution in [2.75, 3.05) is 11.9 Å². The summed E-state index contributed by atoms with van der Waals surface area (Å²) in [7, 11) is 0. The number of ether oxygens (including phenoxy) is 1. The molecule has 0 saturated carbocycles. The van der Waals surface area contributed by atoms with Crippen LogP contribution in [0.1, 0.15) is 49.8 Å². The van der Waals surface area contributed by atoms with E-state index in [-0.39, 0.29) is 31.4 Å². The monoisotopic (exact) mass is 476 g/mol. The lowest BCUT2D eigenvalue weighted by Gasteiger charge is -2.20. The highest BCUT2D eigenvalue weighted by Crippen LogP contribution is 2.44. The molecule has 182 valence electrons. The lowest BCUT2D eigenvalue weighted by molar-refractivity contribution is -0.137. The number of amides is 2. The molecule has 1 aromatic heterocycles. The highest BCUT2D eigenvalue weighted by atomic mass is 16.5. The summed E-state index contributed by atoms with van der Waals surface area (Å²) in [6.45, 7) is 3.92. The van der Waals surface area contributed by atoms with Crippen LogP contribution in [0.25, 0.3) is 11.1 Å². The average molecular weight is 477 g/mol. The van der Waals surface area contributed by atoms with Gasteiger partial charge in [0, 0.05) is 24.4 Å². The number of fused-ring (bicyclic) bond motifs is 3. The zero-order valence-electron chi connectivity index (χ0n) is 19.6. The summed E-state index contributed by atoms with van der Waals surface area (Å²) in [4.78, 5) is 36.7. The van der Waals surface area contributed by atoms with Crippen LogP contribution in [-0.4, -0.2) is 45.5 Å². The lowest BCUT2D eigenvalue weighted by atomic mass is 9.98. The van der Waals surface area contributed by atoms with Gasteiger partial charge < -0.3 is 20.5 Å². The Hall–Kier alpha value is -4.14. The zero-order valence-corrected chi connectivity index (χ0v) is 19.6. The van der Waals surface area contributed by atoms with E-state index in [4.69, 9.17) is 9.84 Å². The summed E-state index contributed by atoms with van der Waals surface area (Å²) < 4.78 is 7.15. The van der Waals surface area contributed by atoms with Crippen molar-refractivity contribution < 1.29 is 24.2 Å². The van der Waals surface area contributed by atoms with Crippen LogP contribution in [0, 0.1) is 0 Å². The largest absolute Gasteiger partial charge is 0.481 e. The third-order valence-corrected chi connectivity index (χ3v) is 6.01. The van der Waals surface area contributed by atoms with E-state index in [0.29, 0.717) is 5.82 Å². The van der Waals surface area contributed by atoms with E-state index >= 15 is 0 Å². The van der Waals surface area contributed by atoms with Gasteiger partial charge in [-0.05, 0) is 42.5 Å². The van der Waals surface area contributed by atoms with E-state index in [1.54, 1.807) is 16.9 Å². The van der Waals surface area contributed by atoms with Gasteiger partial charge in [-0.25, -0.2) is 9.48 Å². The normalized spacial score (nSPS) is 13.1. The third kappa shape index (κ3) is 5.34. The zero-order chi connectivity index (χ0) is 24.9. The Kier molecular flexibility index (Phi) is 7.14. The van der Waals surface area contributed by atoms with Crippen molar-refractivity contribution >= 4 is 23.8 Å². The number of nitrogens with zero attached hydrogens (tertiary/aromatic N) is 2. The Balaban J connectivity index is 1.43. The molecular formula is C26H28N4O5. The first-order valence-electron chi connectivity index (χ1n) is 11.5. The van der Waals surface area contributed by atoms with Crippen LogP contribution in [0.15, 0.2) is 60.8 Å². The number of aliphatic carboxylic acids is 1. The molecule has 0 fully saturated rings. The van der Waals surface area contributed by atoms with E-state index in [1.165, 1.54) is 0 Å². The number of alkyl carbamates (subject to hydrolysis) is 1. The molecule has 4 rings (SSSR count). The first-order chi connectivity index (χ1) is 16.8. The number of benzene rings is 2. The van der Waals surface area contributed by atoms with Gasteiger partial charge in [0.15, 0.2) is 0 Å². The van der Waals surface area contributed by atoms with Gasteiger partial charge in [0.25, 0.3) is 0 Å². The van der Waals surface area contributed by atoms with Crippen molar-refractivity contribution in [1.82, 2.24) is 15.1 Å². The van der Waals surface area contributed by atoms with E-state index in [1.807, 2.05) is 62.4 Å². The number of carboxylic acids is 1. The van der Waals surface area contributed by atoms with Crippen LogP contribution in [0.3, 0.4) is 0 Å². The van der Waals surface area contributed by atoms with Crippen molar-refractivity contribution in [3.05, 3.63) is 71.9 Å². The number of anilines is 1. The molecule has 3 N–H and O–H groups in total. The predicted molar refractivity (Wildman–Crippen MR) is 130 cm³/mol. The SMILES string of the molecule is CC(C)n1nccc1NC(=O)C(CCC(=O)O)NC(=O)OCC1c2ccccc2-c2ccccc21. The molecule has 0 aliphatic heterocycles. The second-order valence-electron chi connectivity index (χ2n) is 8.70. The molecule has 2 amide bonds. The molecule has 3 aromatic rings. The molecular weight excluding hydrogens is 448 g/mol. The Labute approximate surface area is 203 Å². The molecule has 0 bridgehead atoms. The van der Waals surface area contributed by atoms with Crippen molar-refractivity contribution in [2.45, 2.75) is 44.7 Å². The molecule has 0 radical (unpaired) electrons. The van der Waals surface area contributed by atoms with Gasteiger partial charge in [-0.1, -0.05) is 48.5 Å². The number of hydrogen-bond acceptors (Lipinski definition) is 5. The summed E-state index contributed by atoms with van der Waals surface area (Å²) in [6, 6.07) is 16.5. The van der Waals surface area contributed by atoms with Crippen LogP contribution in [0.5, 0.6) is 0 Å². The first-order valence-corrected chi connectivity index (χ1v) is 11.5. The van der Waals surface area contributed by atoms with Gasteiger partial charge in [0.1, 0.15) is 18.5 Å². The number of rotatable bonds is 9. The molecule has 0 saturated heterocycles. The number of nitrogens with one attached hydrogen (secondary N) is 2. The van der Waals surface area contributed by atoms with Gasteiger partial charge in [-0.2, -0.15) is 5.10 Å². The van der Waals surface area contributed by atoms with Gasteiger partial charge in [0.05, 0.1) is 6.20 Å². The predicted octanol–water partition coefficient (Wildman–Crippen LogP) is 4.17. The number of carbonyl (C=O) groups excluding carboxylic acids is 2. The maximum Gasteiger partial charge on any atom is 0.407 e. The Morgan fingerprint density at radius 2 is 1.66 bits per heavy atom. The van der Waals surface area contributed by atoms with Gasteiger partial charge in [-0.3, -0.25) is 9.59 Å². The van der Waals surface area contributed by atoms with Crippen molar-refractivity contribution in [2.24, 2.45) is 0 Å². The van der Waals surface area contributed by atoms with Gasteiger partial charge in [0.2, 0.25) is 5.91 Å². The first kappa shape index (κ1) is 24.0. The van der Waals surface area contributed by atoms with E-state index in [0.717, 1.165) is 22.3 Å². The topological polar surface area (TPSA) is 123 Å². The molecule has 9 nitrogen and oxygen atoms in total. The minimum atomic E-state index is -1.09. The average Bonchev–Trinajstić information content (AvgIpc) is 3.43. The molecule has 9 heteroatoms. The Morgan fingerprint density at radius 3 is 2.26 bits per heavy atom. The van der Waals surface area contributed by atoms with Crippen molar-refractivity contribution in [3.63, 3.8) is 0 Å². The third-order valence-electron chi connectivity index (χ3n) is 6.01. The van der Waals surface area contributed by atoms with Gasteiger partial charge >= 0.3 is 12.1 Å². The molecule has 2 aromatic carbocycles. The van der Waals surface area contributed by atoms with Gasteiger partial charge in [-0.15, -0.1) is 0 Å². The molecule has 1 aliphatic carbocycles. The van der Waals surface area contributed by atoms with E-state index in [2.05, 4.69) is 15.7 Å².